The molecule has 1 atom stereocenters. The lowest BCUT2D eigenvalue weighted by atomic mass is 10.2. The summed E-state index contributed by atoms with van der Waals surface area (Å²) in [5, 5.41) is 10.3. The van der Waals surface area contributed by atoms with Crippen molar-refractivity contribution in [1.82, 2.24) is 25.3 Å². The SMILES string of the molecule is Cc1cc(CC(C)NC(=O)N2CCN(CC=Cc3ccccc3)CC2)n[nH]1. The summed E-state index contributed by atoms with van der Waals surface area (Å²) in [4.78, 5) is 16.7. The number of hydrogen-bond acceptors (Lipinski definition) is 3. The van der Waals surface area contributed by atoms with E-state index in [-0.39, 0.29) is 12.1 Å². The van der Waals surface area contributed by atoms with Crippen molar-refractivity contribution in [2.75, 3.05) is 32.7 Å². The zero-order valence-corrected chi connectivity index (χ0v) is 16.2. The Hall–Kier alpha value is -2.60. The molecule has 0 spiro atoms. The van der Waals surface area contributed by atoms with E-state index in [2.05, 4.69) is 44.7 Å². The average Bonchev–Trinajstić information content (AvgIpc) is 3.07. The van der Waals surface area contributed by atoms with Crippen LogP contribution in [0.25, 0.3) is 6.08 Å². The maximum atomic E-state index is 12.5. The minimum absolute atomic E-state index is 0.0224. The molecular formula is C21H29N5O. The molecule has 1 aliphatic heterocycles. The molecule has 1 saturated heterocycles. The monoisotopic (exact) mass is 367 g/mol. The number of urea groups is 1. The van der Waals surface area contributed by atoms with Gasteiger partial charge in [-0.05, 0) is 25.5 Å². The summed E-state index contributed by atoms with van der Waals surface area (Å²) in [5.41, 5.74) is 3.24. The molecule has 1 fully saturated rings. The fourth-order valence-corrected chi connectivity index (χ4v) is 3.28. The molecule has 1 aliphatic rings. The molecule has 1 unspecified atom stereocenters. The highest BCUT2D eigenvalue weighted by Gasteiger charge is 2.21. The molecule has 2 aromatic rings. The zero-order valence-electron chi connectivity index (χ0n) is 16.2. The van der Waals surface area contributed by atoms with Gasteiger partial charge < -0.3 is 10.2 Å². The van der Waals surface area contributed by atoms with Crippen LogP contribution in [-0.4, -0.2) is 64.8 Å². The lowest BCUT2D eigenvalue weighted by Crippen LogP contribution is -2.53. The second-order valence-electron chi connectivity index (χ2n) is 7.20. The summed E-state index contributed by atoms with van der Waals surface area (Å²) in [6, 6.07) is 12.4. The van der Waals surface area contributed by atoms with Gasteiger partial charge in [0, 0.05) is 50.9 Å². The Morgan fingerprint density at radius 2 is 2.00 bits per heavy atom. The summed E-state index contributed by atoms with van der Waals surface area (Å²) in [6.45, 7) is 8.25. The summed E-state index contributed by atoms with van der Waals surface area (Å²) < 4.78 is 0. The molecule has 1 aromatic carbocycles. The lowest BCUT2D eigenvalue weighted by molar-refractivity contribution is 0.145. The van der Waals surface area contributed by atoms with E-state index >= 15 is 0 Å². The predicted octanol–water partition coefficient (Wildman–Crippen LogP) is 2.69. The third kappa shape index (κ3) is 5.96. The first kappa shape index (κ1) is 19.2. The Balaban J connectivity index is 1.38. The maximum absolute atomic E-state index is 12.5. The van der Waals surface area contributed by atoms with Gasteiger partial charge in [0.15, 0.2) is 0 Å². The topological polar surface area (TPSA) is 64.3 Å². The van der Waals surface area contributed by atoms with Crippen LogP contribution >= 0.6 is 0 Å². The smallest absolute Gasteiger partial charge is 0.317 e. The van der Waals surface area contributed by atoms with Crippen LogP contribution in [0, 0.1) is 6.92 Å². The quantitative estimate of drug-likeness (QED) is 0.825. The third-order valence-corrected chi connectivity index (χ3v) is 4.78. The number of H-pyrrole nitrogens is 1. The lowest BCUT2D eigenvalue weighted by Gasteiger charge is -2.34. The molecule has 2 heterocycles. The number of nitrogens with one attached hydrogen (secondary N) is 2. The van der Waals surface area contributed by atoms with E-state index < -0.39 is 0 Å². The van der Waals surface area contributed by atoms with Gasteiger partial charge in [0.2, 0.25) is 0 Å². The van der Waals surface area contributed by atoms with Crippen LogP contribution in [0.4, 0.5) is 4.79 Å². The zero-order chi connectivity index (χ0) is 19.1. The van der Waals surface area contributed by atoms with Gasteiger partial charge in [-0.3, -0.25) is 10.00 Å². The number of carbonyl (C=O) groups excluding carboxylic acids is 1. The Morgan fingerprint density at radius 3 is 2.67 bits per heavy atom. The first-order valence-electron chi connectivity index (χ1n) is 9.60. The van der Waals surface area contributed by atoms with E-state index in [0.29, 0.717) is 0 Å². The number of aromatic nitrogens is 2. The van der Waals surface area contributed by atoms with Gasteiger partial charge in [-0.2, -0.15) is 5.10 Å². The van der Waals surface area contributed by atoms with Crippen molar-refractivity contribution in [2.45, 2.75) is 26.3 Å². The normalized spacial score (nSPS) is 16.6. The van der Waals surface area contributed by atoms with E-state index in [1.807, 2.05) is 43.0 Å². The van der Waals surface area contributed by atoms with Crippen molar-refractivity contribution < 1.29 is 4.79 Å². The van der Waals surface area contributed by atoms with Crippen molar-refractivity contribution in [3.63, 3.8) is 0 Å². The van der Waals surface area contributed by atoms with Gasteiger partial charge in [0.25, 0.3) is 0 Å². The molecule has 144 valence electrons. The van der Waals surface area contributed by atoms with Gasteiger partial charge in [-0.1, -0.05) is 42.5 Å². The Labute approximate surface area is 161 Å². The van der Waals surface area contributed by atoms with E-state index in [1.54, 1.807) is 0 Å². The molecule has 0 saturated carbocycles. The molecular weight excluding hydrogens is 338 g/mol. The molecule has 0 radical (unpaired) electrons. The molecule has 6 nitrogen and oxygen atoms in total. The highest BCUT2D eigenvalue weighted by Crippen LogP contribution is 2.06. The molecule has 1 aromatic heterocycles. The van der Waals surface area contributed by atoms with Gasteiger partial charge in [-0.25, -0.2) is 4.79 Å². The predicted molar refractivity (Wildman–Crippen MR) is 109 cm³/mol. The van der Waals surface area contributed by atoms with E-state index in [1.165, 1.54) is 5.56 Å². The standard InChI is InChI=1S/C21H29N5O/c1-17(15-20-16-18(2)23-24-20)22-21(27)26-13-11-25(12-14-26)10-6-9-19-7-4-3-5-8-19/h3-9,16-17H,10-15H2,1-2H3,(H,22,27)(H,23,24). The van der Waals surface area contributed by atoms with E-state index in [0.717, 1.165) is 50.5 Å². The number of aryl methyl sites for hydroxylation is 1. The number of nitrogens with zero attached hydrogens (tertiary/aromatic N) is 3. The van der Waals surface area contributed by atoms with Gasteiger partial charge in [-0.15, -0.1) is 0 Å². The van der Waals surface area contributed by atoms with Crippen molar-refractivity contribution in [3.8, 4) is 0 Å². The molecule has 2 N–H and O–H groups in total. The number of benzene rings is 1. The molecule has 2 amide bonds. The number of carbonyl (C=O) groups is 1. The summed E-state index contributed by atoms with van der Waals surface area (Å²) in [6.07, 6.45) is 5.08. The van der Waals surface area contributed by atoms with Crippen LogP contribution in [0.2, 0.25) is 0 Å². The number of hydrogen-bond donors (Lipinski definition) is 2. The molecule has 3 rings (SSSR count). The summed E-state index contributed by atoms with van der Waals surface area (Å²) >= 11 is 0. The Bertz CT molecular complexity index is 747. The van der Waals surface area contributed by atoms with Crippen molar-refractivity contribution in [2.24, 2.45) is 0 Å². The van der Waals surface area contributed by atoms with Crippen LogP contribution in [0.1, 0.15) is 23.9 Å². The van der Waals surface area contributed by atoms with Crippen LogP contribution in [0.3, 0.4) is 0 Å². The van der Waals surface area contributed by atoms with Crippen LogP contribution in [-0.2, 0) is 6.42 Å². The summed E-state index contributed by atoms with van der Waals surface area (Å²) in [5.74, 6) is 0. The Kier molecular flexibility index (Phi) is 6.65. The largest absolute Gasteiger partial charge is 0.335 e. The van der Waals surface area contributed by atoms with E-state index in [4.69, 9.17) is 0 Å². The number of piperazine rings is 1. The molecule has 0 aliphatic carbocycles. The number of rotatable bonds is 6. The minimum Gasteiger partial charge on any atom is -0.335 e. The van der Waals surface area contributed by atoms with Gasteiger partial charge in [0.1, 0.15) is 0 Å². The second kappa shape index (κ2) is 9.37. The van der Waals surface area contributed by atoms with Gasteiger partial charge in [0.05, 0.1) is 5.69 Å². The fraction of sp³-hybridized carbons (Fsp3) is 0.429. The van der Waals surface area contributed by atoms with Crippen LogP contribution < -0.4 is 5.32 Å². The Morgan fingerprint density at radius 1 is 1.26 bits per heavy atom. The van der Waals surface area contributed by atoms with Crippen molar-refractivity contribution in [1.29, 1.82) is 0 Å². The first-order chi connectivity index (χ1) is 13.1. The number of amides is 2. The van der Waals surface area contributed by atoms with Gasteiger partial charge >= 0.3 is 6.03 Å². The minimum atomic E-state index is 0.0224. The third-order valence-electron chi connectivity index (χ3n) is 4.78. The average molecular weight is 367 g/mol. The highest BCUT2D eigenvalue weighted by molar-refractivity contribution is 5.74. The molecule has 6 heteroatoms. The van der Waals surface area contributed by atoms with Crippen LogP contribution in [0.5, 0.6) is 0 Å². The van der Waals surface area contributed by atoms with E-state index in [9.17, 15) is 4.79 Å². The highest BCUT2D eigenvalue weighted by atomic mass is 16.2. The van der Waals surface area contributed by atoms with Crippen LogP contribution in [0.15, 0.2) is 42.5 Å². The maximum Gasteiger partial charge on any atom is 0.317 e. The fourth-order valence-electron chi connectivity index (χ4n) is 3.28. The van der Waals surface area contributed by atoms with Crippen molar-refractivity contribution in [3.05, 3.63) is 59.4 Å². The second-order valence-corrected chi connectivity index (χ2v) is 7.20. The van der Waals surface area contributed by atoms with Crippen molar-refractivity contribution >= 4 is 12.1 Å². The first-order valence-corrected chi connectivity index (χ1v) is 9.60. The number of aromatic amines is 1. The summed E-state index contributed by atoms with van der Waals surface area (Å²) in [7, 11) is 0. The molecule has 0 bridgehead atoms. The molecule has 27 heavy (non-hydrogen) atoms.